The minimum absolute atomic E-state index is 0.218. The fourth-order valence-electron chi connectivity index (χ4n) is 2.73. The molecule has 0 radical (unpaired) electrons. The molecule has 0 saturated carbocycles. The second kappa shape index (κ2) is 9.60. The molecule has 2 aromatic rings. The van der Waals surface area contributed by atoms with Crippen LogP contribution < -0.4 is 10.9 Å². The van der Waals surface area contributed by atoms with E-state index in [1.807, 2.05) is 0 Å². The Bertz CT molecular complexity index is 807. The second-order valence-electron chi connectivity index (χ2n) is 6.21. The van der Waals surface area contributed by atoms with Crippen molar-refractivity contribution in [2.24, 2.45) is 0 Å². The van der Waals surface area contributed by atoms with E-state index in [0.29, 0.717) is 24.1 Å². The standard InChI is InChI=1S/C19H25N3O4/c1-2-3-4-5-6-7-11-20-17(24)14-9-8-10-15(12-14)22-19(26)16(13-23)18(25)21-22/h8-10,12-13,26H,2-7,11H2,1H3,(H,20,24)(H,21,25). The summed E-state index contributed by atoms with van der Waals surface area (Å²) in [6.07, 6.45) is 7.19. The second-order valence-corrected chi connectivity index (χ2v) is 6.21. The van der Waals surface area contributed by atoms with Crippen molar-refractivity contribution in [1.29, 1.82) is 0 Å². The van der Waals surface area contributed by atoms with Crippen LogP contribution in [0, 0.1) is 0 Å². The minimum atomic E-state index is -0.685. The van der Waals surface area contributed by atoms with Gasteiger partial charge in [-0.05, 0) is 24.6 Å². The number of unbranched alkanes of at least 4 members (excludes halogenated alkanes) is 5. The maximum atomic E-state index is 12.3. The van der Waals surface area contributed by atoms with Gasteiger partial charge in [-0.3, -0.25) is 19.5 Å². The molecule has 0 spiro atoms. The van der Waals surface area contributed by atoms with Crippen molar-refractivity contribution in [2.45, 2.75) is 45.4 Å². The van der Waals surface area contributed by atoms with Gasteiger partial charge in [-0.1, -0.05) is 45.1 Å². The number of nitrogens with one attached hydrogen (secondary N) is 2. The highest BCUT2D eigenvalue weighted by Crippen LogP contribution is 2.18. The Hall–Kier alpha value is -2.83. The number of hydrogen-bond donors (Lipinski definition) is 3. The van der Waals surface area contributed by atoms with Crippen LogP contribution >= 0.6 is 0 Å². The number of carbonyl (C=O) groups is 2. The van der Waals surface area contributed by atoms with E-state index in [1.165, 1.54) is 25.7 Å². The molecule has 0 saturated heterocycles. The van der Waals surface area contributed by atoms with Crippen LogP contribution in [0.5, 0.6) is 5.88 Å². The fraction of sp³-hybridized carbons (Fsp3) is 0.421. The average Bonchev–Trinajstić information content (AvgIpc) is 2.94. The third kappa shape index (κ3) is 4.84. The maximum Gasteiger partial charge on any atom is 0.279 e. The molecule has 0 fully saturated rings. The first-order valence-corrected chi connectivity index (χ1v) is 8.96. The first-order valence-electron chi connectivity index (χ1n) is 8.96. The summed E-state index contributed by atoms with van der Waals surface area (Å²) in [6, 6.07) is 6.46. The van der Waals surface area contributed by atoms with E-state index in [2.05, 4.69) is 17.3 Å². The first kappa shape index (κ1) is 19.5. The van der Waals surface area contributed by atoms with Crippen LogP contribution in [0.1, 0.15) is 66.2 Å². The Morgan fingerprint density at radius 2 is 1.96 bits per heavy atom. The van der Waals surface area contributed by atoms with Crippen molar-refractivity contribution in [2.75, 3.05) is 6.54 Å². The van der Waals surface area contributed by atoms with Gasteiger partial charge in [0, 0.05) is 12.1 Å². The lowest BCUT2D eigenvalue weighted by Crippen LogP contribution is -2.24. The highest BCUT2D eigenvalue weighted by molar-refractivity contribution is 5.94. The SMILES string of the molecule is CCCCCCCCNC(=O)c1cccc(-n2[nH]c(=O)c(C=O)c2O)c1. The molecule has 1 amide bonds. The number of aromatic hydroxyl groups is 1. The Kier molecular flexibility index (Phi) is 7.20. The molecular formula is C19H25N3O4. The van der Waals surface area contributed by atoms with Crippen molar-refractivity contribution >= 4 is 12.2 Å². The number of H-pyrrole nitrogens is 1. The van der Waals surface area contributed by atoms with Crippen molar-refractivity contribution in [3.63, 3.8) is 0 Å². The van der Waals surface area contributed by atoms with Gasteiger partial charge in [-0.25, -0.2) is 4.68 Å². The van der Waals surface area contributed by atoms with Gasteiger partial charge in [0.2, 0.25) is 5.88 Å². The molecule has 0 aliphatic rings. The van der Waals surface area contributed by atoms with Crippen LogP contribution in [0.4, 0.5) is 0 Å². The molecule has 1 aromatic carbocycles. The highest BCUT2D eigenvalue weighted by Gasteiger charge is 2.15. The largest absolute Gasteiger partial charge is 0.493 e. The minimum Gasteiger partial charge on any atom is -0.493 e. The van der Waals surface area contributed by atoms with Crippen LogP contribution in [-0.2, 0) is 0 Å². The molecular weight excluding hydrogens is 334 g/mol. The molecule has 2 rings (SSSR count). The molecule has 0 aliphatic heterocycles. The molecule has 7 heteroatoms. The van der Waals surface area contributed by atoms with Crippen molar-refractivity contribution in [3.8, 4) is 11.6 Å². The zero-order valence-electron chi connectivity index (χ0n) is 15.0. The van der Waals surface area contributed by atoms with Gasteiger partial charge in [0.05, 0.1) is 5.69 Å². The molecule has 7 nitrogen and oxygen atoms in total. The highest BCUT2D eigenvalue weighted by atomic mass is 16.3. The van der Waals surface area contributed by atoms with Crippen LogP contribution in [0.25, 0.3) is 5.69 Å². The van der Waals surface area contributed by atoms with E-state index < -0.39 is 11.4 Å². The monoisotopic (exact) mass is 359 g/mol. The van der Waals surface area contributed by atoms with Gasteiger partial charge < -0.3 is 10.4 Å². The smallest absolute Gasteiger partial charge is 0.279 e. The first-order chi connectivity index (χ1) is 12.6. The van der Waals surface area contributed by atoms with Gasteiger partial charge >= 0.3 is 0 Å². The number of aldehydes is 1. The third-order valence-electron chi connectivity index (χ3n) is 4.21. The van der Waals surface area contributed by atoms with E-state index >= 15 is 0 Å². The summed E-state index contributed by atoms with van der Waals surface area (Å²) in [5, 5.41) is 15.2. The summed E-state index contributed by atoms with van der Waals surface area (Å²) in [5.41, 5.74) is -0.228. The van der Waals surface area contributed by atoms with Crippen molar-refractivity contribution in [1.82, 2.24) is 15.1 Å². The molecule has 0 atom stereocenters. The lowest BCUT2D eigenvalue weighted by Gasteiger charge is -2.08. The molecule has 1 heterocycles. The molecule has 1 aromatic heterocycles. The molecule has 0 aliphatic carbocycles. The Labute approximate surface area is 152 Å². The van der Waals surface area contributed by atoms with Crippen molar-refractivity contribution < 1.29 is 14.7 Å². The summed E-state index contributed by atoms with van der Waals surface area (Å²) in [5.74, 6) is -0.695. The summed E-state index contributed by atoms with van der Waals surface area (Å²) >= 11 is 0. The lowest BCUT2D eigenvalue weighted by molar-refractivity contribution is 0.0952. The number of nitrogens with zero attached hydrogens (tertiary/aromatic N) is 1. The van der Waals surface area contributed by atoms with E-state index in [4.69, 9.17) is 0 Å². The molecule has 0 bridgehead atoms. The van der Waals surface area contributed by atoms with Crippen LogP contribution in [0.15, 0.2) is 29.1 Å². The number of rotatable bonds is 10. The van der Waals surface area contributed by atoms with Gasteiger partial charge in [0.1, 0.15) is 5.56 Å². The zero-order chi connectivity index (χ0) is 18.9. The Morgan fingerprint density at radius 3 is 2.65 bits per heavy atom. The summed E-state index contributed by atoms with van der Waals surface area (Å²) in [7, 11) is 0. The third-order valence-corrected chi connectivity index (χ3v) is 4.21. The number of aromatic amines is 1. The average molecular weight is 359 g/mol. The number of benzene rings is 1. The molecule has 3 N–H and O–H groups in total. The lowest BCUT2D eigenvalue weighted by atomic mass is 10.1. The Balaban J connectivity index is 1.97. The molecule has 26 heavy (non-hydrogen) atoms. The molecule has 0 unspecified atom stereocenters. The predicted octanol–water partition coefficient (Wildman–Crippen LogP) is 2.77. The predicted molar refractivity (Wildman–Crippen MR) is 99.2 cm³/mol. The summed E-state index contributed by atoms with van der Waals surface area (Å²) < 4.78 is 1.08. The topological polar surface area (TPSA) is 104 Å². The number of amides is 1. The quantitative estimate of drug-likeness (QED) is 0.448. The normalized spacial score (nSPS) is 10.7. The fourth-order valence-corrected chi connectivity index (χ4v) is 2.73. The van der Waals surface area contributed by atoms with E-state index in [0.717, 1.165) is 17.5 Å². The summed E-state index contributed by atoms with van der Waals surface area (Å²) in [4.78, 5) is 34.7. The van der Waals surface area contributed by atoms with Crippen LogP contribution in [-0.4, -0.2) is 33.6 Å². The van der Waals surface area contributed by atoms with Crippen LogP contribution in [0.3, 0.4) is 0 Å². The maximum absolute atomic E-state index is 12.3. The van der Waals surface area contributed by atoms with Gasteiger partial charge in [-0.2, -0.15) is 0 Å². The van der Waals surface area contributed by atoms with Gasteiger partial charge in [-0.15, -0.1) is 0 Å². The van der Waals surface area contributed by atoms with Gasteiger partial charge in [0.25, 0.3) is 11.5 Å². The zero-order valence-corrected chi connectivity index (χ0v) is 15.0. The summed E-state index contributed by atoms with van der Waals surface area (Å²) in [6.45, 7) is 2.79. The number of carbonyl (C=O) groups excluding carboxylic acids is 2. The van der Waals surface area contributed by atoms with E-state index in [-0.39, 0.29) is 11.5 Å². The Morgan fingerprint density at radius 1 is 1.23 bits per heavy atom. The van der Waals surface area contributed by atoms with E-state index in [1.54, 1.807) is 24.3 Å². The number of hydrogen-bond acceptors (Lipinski definition) is 4. The van der Waals surface area contributed by atoms with E-state index in [9.17, 15) is 19.5 Å². The van der Waals surface area contributed by atoms with Crippen molar-refractivity contribution in [3.05, 3.63) is 45.7 Å². The van der Waals surface area contributed by atoms with Gasteiger partial charge in [0.15, 0.2) is 6.29 Å². The number of aromatic nitrogens is 2. The molecule has 140 valence electrons. The van der Waals surface area contributed by atoms with Crippen LogP contribution in [0.2, 0.25) is 0 Å².